The highest BCUT2D eigenvalue weighted by Crippen LogP contribution is 2.35. The second kappa shape index (κ2) is 5.34. The van der Waals surface area contributed by atoms with Crippen LogP contribution in [0.4, 0.5) is 0 Å². The average molecular weight is 233 g/mol. The number of hydrogen-bond acceptors (Lipinski definition) is 4. The zero-order valence-corrected chi connectivity index (χ0v) is 9.66. The predicted molar refractivity (Wildman–Crippen MR) is 63.3 cm³/mol. The lowest BCUT2D eigenvalue weighted by atomic mass is 9.83. The van der Waals surface area contributed by atoms with Crippen LogP contribution in [-0.2, 0) is 0 Å². The third-order valence-corrected chi connectivity index (χ3v) is 3.50. The van der Waals surface area contributed by atoms with Crippen LogP contribution in [0.1, 0.15) is 38.1 Å². The van der Waals surface area contributed by atoms with E-state index in [1.165, 1.54) is 19.0 Å². The van der Waals surface area contributed by atoms with Gasteiger partial charge in [0.2, 0.25) is 0 Å². The van der Waals surface area contributed by atoms with E-state index >= 15 is 0 Å². The van der Waals surface area contributed by atoms with Crippen LogP contribution in [-0.4, -0.2) is 26.9 Å². The van der Waals surface area contributed by atoms with Crippen LogP contribution in [0.3, 0.4) is 0 Å². The normalized spacial score (nSPS) is 17.9. The van der Waals surface area contributed by atoms with E-state index in [0.717, 1.165) is 12.8 Å². The number of nitriles is 1. The van der Waals surface area contributed by atoms with Crippen molar-refractivity contribution in [1.29, 1.82) is 5.26 Å². The van der Waals surface area contributed by atoms with Crippen LogP contribution >= 0.6 is 0 Å². The molecule has 0 aliphatic heterocycles. The first-order valence-electron chi connectivity index (χ1n) is 5.99. The summed E-state index contributed by atoms with van der Waals surface area (Å²) in [5.74, 6) is 0.484. The Hall–Kier alpha value is -1.32. The number of aromatic nitrogens is 2. The van der Waals surface area contributed by atoms with E-state index in [9.17, 15) is 0 Å². The zero-order valence-electron chi connectivity index (χ0n) is 9.66. The summed E-state index contributed by atoms with van der Waals surface area (Å²) in [6, 6.07) is 2.26. The van der Waals surface area contributed by atoms with Crippen molar-refractivity contribution in [3.63, 3.8) is 0 Å². The Morgan fingerprint density at radius 2 is 2.24 bits per heavy atom. The molecule has 1 heterocycles. The van der Waals surface area contributed by atoms with Gasteiger partial charge in [-0.05, 0) is 18.8 Å². The van der Waals surface area contributed by atoms with E-state index in [1.54, 1.807) is 10.9 Å². The minimum absolute atomic E-state index is 0.0648. The Bertz CT molecular complexity index is 407. The number of nitrogens with zero attached hydrogens (tertiary/aromatic N) is 3. The summed E-state index contributed by atoms with van der Waals surface area (Å²) in [6.45, 7) is 0. The summed E-state index contributed by atoms with van der Waals surface area (Å²) in [4.78, 5) is 0. The summed E-state index contributed by atoms with van der Waals surface area (Å²) in [6.07, 6.45) is 8.18. The van der Waals surface area contributed by atoms with Crippen LogP contribution in [0, 0.1) is 17.2 Å². The molecule has 1 aliphatic carbocycles. The first kappa shape index (κ1) is 12.2. The van der Waals surface area contributed by atoms with Crippen molar-refractivity contribution in [3.8, 4) is 6.07 Å². The third kappa shape index (κ3) is 2.68. The molecule has 0 amide bonds. The topological polar surface area (TPSA) is 82.1 Å². The van der Waals surface area contributed by atoms with Gasteiger partial charge in [0.1, 0.15) is 0 Å². The summed E-state index contributed by atoms with van der Waals surface area (Å²) in [7, 11) is -1.49. The molecule has 0 unspecified atom stereocenters. The molecule has 1 saturated carbocycles. The molecule has 1 fully saturated rings. The van der Waals surface area contributed by atoms with Gasteiger partial charge in [-0.15, -0.1) is 0 Å². The van der Waals surface area contributed by atoms with E-state index in [1.807, 2.05) is 0 Å². The monoisotopic (exact) mass is 233 g/mol. The Kier molecular flexibility index (Phi) is 3.82. The Labute approximate surface area is 101 Å². The van der Waals surface area contributed by atoms with Gasteiger partial charge in [-0.2, -0.15) is 10.4 Å². The van der Waals surface area contributed by atoms with Crippen LogP contribution in [0.5, 0.6) is 0 Å². The van der Waals surface area contributed by atoms with Gasteiger partial charge in [0, 0.05) is 17.9 Å². The van der Waals surface area contributed by atoms with Gasteiger partial charge in [0.05, 0.1) is 18.5 Å². The molecule has 1 aromatic rings. The first-order valence-corrected chi connectivity index (χ1v) is 5.99. The molecule has 0 radical (unpaired) electrons. The van der Waals surface area contributed by atoms with Gasteiger partial charge in [-0.25, -0.2) is 0 Å². The molecular formula is C11H16BN3O2. The Balaban J connectivity index is 2.16. The van der Waals surface area contributed by atoms with Crippen molar-refractivity contribution in [2.45, 2.75) is 38.1 Å². The molecule has 0 bridgehead atoms. The van der Waals surface area contributed by atoms with Crippen LogP contribution in [0.25, 0.3) is 0 Å². The maximum atomic E-state index is 9.05. The lowest BCUT2D eigenvalue weighted by molar-refractivity contribution is 0.315. The first-order chi connectivity index (χ1) is 8.22. The van der Waals surface area contributed by atoms with Gasteiger partial charge in [0.15, 0.2) is 0 Å². The number of rotatable bonds is 4. The molecule has 1 aromatic heterocycles. The molecule has 0 saturated heterocycles. The third-order valence-electron chi connectivity index (χ3n) is 3.50. The zero-order chi connectivity index (χ0) is 12.3. The Morgan fingerprint density at radius 1 is 1.53 bits per heavy atom. The highest BCUT2D eigenvalue weighted by Gasteiger charge is 2.27. The van der Waals surface area contributed by atoms with Crippen molar-refractivity contribution < 1.29 is 10.0 Å². The highest BCUT2D eigenvalue weighted by molar-refractivity contribution is 6.58. The summed E-state index contributed by atoms with van der Waals surface area (Å²) in [5.41, 5.74) is 0.380. The molecular weight excluding hydrogens is 217 g/mol. The molecule has 2 N–H and O–H groups in total. The van der Waals surface area contributed by atoms with Crippen LogP contribution < -0.4 is 5.46 Å². The van der Waals surface area contributed by atoms with Gasteiger partial charge in [0.25, 0.3) is 0 Å². The van der Waals surface area contributed by atoms with Crippen molar-refractivity contribution in [1.82, 2.24) is 9.78 Å². The highest BCUT2D eigenvalue weighted by atomic mass is 16.4. The minimum atomic E-state index is -1.49. The van der Waals surface area contributed by atoms with Crippen molar-refractivity contribution in [2.24, 2.45) is 5.92 Å². The van der Waals surface area contributed by atoms with E-state index in [0.29, 0.717) is 17.8 Å². The van der Waals surface area contributed by atoms with E-state index in [4.69, 9.17) is 15.3 Å². The van der Waals surface area contributed by atoms with E-state index in [2.05, 4.69) is 11.2 Å². The summed E-state index contributed by atoms with van der Waals surface area (Å²) < 4.78 is 1.72. The second-order valence-corrected chi connectivity index (χ2v) is 4.60. The van der Waals surface area contributed by atoms with Gasteiger partial charge < -0.3 is 10.0 Å². The minimum Gasteiger partial charge on any atom is -0.423 e. The van der Waals surface area contributed by atoms with Crippen LogP contribution in [0.2, 0.25) is 0 Å². The van der Waals surface area contributed by atoms with Crippen molar-refractivity contribution in [3.05, 3.63) is 12.4 Å². The molecule has 5 nitrogen and oxygen atoms in total. The standard InChI is InChI=1S/C11H16BN3O2/c13-6-5-11(9-3-1-2-4-9)15-8-10(7-14-15)12(16)17/h7-9,11,16-17H,1-5H2/t11-/m1/s1. The largest absolute Gasteiger partial charge is 0.491 e. The molecule has 0 aromatic carbocycles. The summed E-state index contributed by atoms with van der Waals surface area (Å²) >= 11 is 0. The quantitative estimate of drug-likeness (QED) is 0.728. The predicted octanol–water partition coefficient (Wildman–Crippen LogP) is 0.208. The van der Waals surface area contributed by atoms with E-state index in [-0.39, 0.29) is 6.04 Å². The van der Waals surface area contributed by atoms with Gasteiger partial charge in [-0.3, -0.25) is 4.68 Å². The molecule has 1 aliphatic rings. The maximum absolute atomic E-state index is 9.05. The lowest BCUT2D eigenvalue weighted by Crippen LogP contribution is -2.29. The molecule has 17 heavy (non-hydrogen) atoms. The van der Waals surface area contributed by atoms with Crippen LogP contribution in [0.15, 0.2) is 12.4 Å². The fraction of sp³-hybridized carbons (Fsp3) is 0.636. The number of hydrogen-bond donors (Lipinski definition) is 2. The fourth-order valence-corrected chi connectivity index (χ4v) is 2.58. The summed E-state index contributed by atoms with van der Waals surface area (Å²) in [5, 5.41) is 31.1. The molecule has 0 spiro atoms. The Morgan fingerprint density at radius 3 is 2.76 bits per heavy atom. The lowest BCUT2D eigenvalue weighted by Gasteiger charge is -2.21. The maximum Gasteiger partial charge on any atom is 0.491 e. The average Bonchev–Trinajstić information content (AvgIpc) is 2.97. The smallest absolute Gasteiger partial charge is 0.423 e. The molecule has 6 heteroatoms. The molecule has 1 atom stereocenters. The van der Waals surface area contributed by atoms with Gasteiger partial charge >= 0.3 is 7.12 Å². The van der Waals surface area contributed by atoms with E-state index < -0.39 is 7.12 Å². The molecule has 2 rings (SSSR count). The fourth-order valence-electron chi connectivity index (χ4n) is 2.58. The SMILES string of the molecule is N#CC[C@H](C1CCCC1)n1cc(B(O)O)cn1. The molecule has 90 valence electrons. The second-order valence-electron chi connectivity index (χ2n) is 4.60. The van der Waals surface area contributed by atoms with Gasteiger partial charge in [-0.1, -0.05) is 12.8 Å². The van der Waals surface area contributed by atoms with Crippen molar-refractivity contribution >= 4 is 12.6 Å². The van der Waals surface area contributed by atoms with Crippen molar-refractivity contribution in [2.75, 3.05) is 0 Å².